The van der Waals surface area contributed by atoms with E-state index in [0.29, 0.717) is 12.3 Å². The van der Waals surface area contributed by atoms with Crippen molar-refractivity contribution in [2.45, 2.75) is 65.5 Å². The van der Waals surface area contributed by atoms with E-state index in [-0.39, 0.29) is 23.8 Å². The molecular formula is C27H36N2O3. The summed E-state index contributed by atoms with van der Waals surface area (Å²) in [4.78, 5) is 20.8. The van der Waals surface area contributed by atoms with Crippen molar-refractivity contribution in [2.75, 3.05) is 6.61 Å². The fraction of sp³-hybridized carbons (Fsp3) is 0.481. The zero-order chi connectivity index (χ0) is 23.5. The predicted octanol–water partition coefficient (Wildman–Crippen LogP) is 4.53. The van der Waals surface area contributed by atoms with Gasteiger partial charge in [0.15, 0.2) is 6.04 Å². The Labute approximate surface area is 192 Å². The normalized spacial score (nSPS) is 19.8. The SMILES string of the molecule is CC(C)[C@@H](O)[C@@H](N=C(c1ccccc1)c1ccccc1)C(=O)N1[C@@H](C(C)C)COC1(C)C. The Balaban J connectivity index is 2.13. The lowest BCUT2D eigenvalue weighted by atomic mass is 9.94. The maximum absolute atomic E-state index is 14.0. The minimum absolute atomic E-state index is 0.0635. The van der Waals surface area contributed by atoms with Gasteiger partial charge in [0.1, 0.15) is 5.72 Å². The molecule has 0 radical (unpaired) electrons. The molecule has 2 aromatic rings. The third kappa shape index (κ3) is 5.11. The van der Waals surface area contributed by atoms with Crippen LogP contribution in [0, 0.1) is 11.8 Å². The summed E-state index contributed by atoms with van der Waals surface area (Å²) in [5, 5.41) is 11.2. The lowest BCUT2D eigenvalue weighted by Gasteiger charge is -2.38. The molecule has 172 valence electrons. The number of hydrogen-bond acceptors (Lipinski definition) is 4. The molecule has 0 bridgehead atoms. The van der Waals surface area contributed by atoms with Crippen molar-refractivity contribution in [1.29, 1.82) is 0 Å². The molecule has 0 spiro atoms. The number of carbonyl (C=O) groups excluding carboxylic acids is 1. The number of aliphatic hydroxyl groups excluding tert-OH is 1. The van der Waals surface area contributed by atoms with Crippen LogP contribution in [0.3, 0.4) is 0 Å². The number of benzene rings is 2. The molecule has 1 aliphatic rings. The van der Waals surface area contributed by atoms with Crippen LogP contribution in [0.15, 0.2) is 65.7 Å². The van der Waals surface area contributed by atoms with E-state index in [1.807, 2.05) is 88.4 Å². The number of ether oxygens (including phenoxy) is 1. The van der Waals surface area contributed by atoms with Crippen molar-refractivity contribution in [3.8, 4) is 0 Å². The molecule has 0 saturated carbocycles. The molecule has 5 heteroatoms. The molecule has 1 fully saturated rings. The molecule has 1 saturated heterocycles. The van der Waals surface area contributed by atoms with E-state index >= 15 is 0 Å². The number of amides is 1. The van der Waals surface area contributed by atoms with E-state index < -0.39 is 17.9 Å². The summed E-state index contributed by atoms with van der Waals surface area (Å²) in [7, 11) is 0. The Kier molecular flexibility index (Phi) is 7.52. The van der Waals surface area contributed by atoms with Crippen molar-refractivity contribution >= 4 is 11.6 Å². The summed E-state index contributed by atoms with van der Waals surface area (Å²) in [6.45, 7) is 12.3. The summed E-state index contributed by atoms with van der Waals surface area (Å²) in [6, 6.07) is 18.6. The van der Waals surface area contributed by atoms with Gasteiger partial charge in [-0.2, -0.15) is 0 Å². The molecule has 0 aliphatic carbocycles. The Morgan fingerprint density at radius 3 is 1.94 bits per heavy atom. The molecule has 1 N–H and O–H groups in total. The summed E-state index contributed by atoms with van der Waals surface area (Å²) in [6.07, 6.45) is -0.922. The average Bonchev–Trinajstić information content (AvgIpc) is 3.10. The molecule has 3 rings (SSSR count). The second kappa shape index (κ2) is 9.97. The van der Waals surface area contributed by atoms with Gasteiger partial charge in [0.2, 0.25) is 0 Å². The molecule has 0 aromatic heterocycles. The zero-order valence-corrected chi connectivity index (χ0v) is 20.0. The van der Waals surface area contributed by atoms with Crippen LogP contribution < -0.4 is 0 Å². The standard InChI is InChI=1S/C27H36N2O3/c1-18(2)22-17-32-27(5,6)29(22)26(31)24(25(30)19(3)4)28-23(20-13-9-7-10-14-20)21-15-11-8-12-16-21/h7-16,18-19,22,24-25,30H,17H2,1-6H3/t22-,24-,25-/m1/s1. The highest BCUT2D eigenvalue weighted by Gasteiger charge is 2.48. The van der Waals surface area contributed by atoms with Gasteiger partial charge in [0, 0.05) is 11.1 Å². The topological polar surface area (TPSA) is 62.1 Å². The van der Waals surface area contributed by atoms with Crippen molar-refractivity contribution < 1.29 is 14.6 Å². The van der Waals surface area contributed by atoms with Gasteiger partial charge >= 0.3 is 0 Å². The van der Waals surface area contributed by atoms with Gasteiger partial charge in [-0.05, 0) is 25.7 Å². The van der Waals surface area contributed by atoms with E-state index in [9.17, 15) is 9.90 Å². The minimum atomic E-state index is -0.937. The van der Waals surface area contributed by atoms with Crippen molar-refractivity contribution in [1.82, 2.24) is 4.90 Å². The van der Waals surface area contributed by atoms with Gasteiger partial charge < -0.3 is 14.7 Å². The molecule has 0 unspecified atom stereocenters. The molecule has 3 atom stereocenters. The number of hydrogen-bond donors (Lipinski definition) is 1. The molecule has 1 aliphatic heterocycles. The lowest BCUT2D eigenvalue weighted by Crippen LogP contribution is -2.55. The Morgan fingerprint density at radius 1 is 1.00 bits per heavy atom. The van der Waals surface area contributed by atoms with Crippen LogP contribution in [0.1, 0.15) is 52.7 Å². The first-order valence-corrected chi connectivity index (χ1v) is 11.5. The molecule has 1 heterocycles. The van der Waals surface area contributed by atoms with Crippen molar-refractivity contribution in [2.24, 2.45) is 16.8 Å². The van der Waals surface area contributed by atoms with Gasteiger partial charge in [-0.15, -0.1) is 0 Å². The van der Waals surface area contributed by atoms with Gasteiger partial charge in [-0.3, -0.25) is 9.79 Å². The third-order valence-electron chi connectivity index (χ3n) is 6.15. The van der Waals surface area contributed by atoms with Gasteiger partial charge in [0.05, 0.1) is 24.5 Å². The van der Waals surface area contributed by atoms with E-state index in [1.165, 1.54) is 0 Å². The van der Waals surface area contributed by atoms with Crippen LogP contribution in [0.5, 0.6) is 0 Å². The largest absolute Gasteiger partial charge is 0.390 e. The lowest BCUT2D eigenvalue weighted by molar-refractivity contribution is -0.151. The fourth-order valence-corrected chi connectivity index (χ4v) is 4.18. The van der Waals surface area contributed by atoms with E-state index in [4.69, 9.17) is 9.73 Å². The van der Waals surface area contributed by atoms with Crippen LogP contribution in [-0.2, 0) is 9.53 Å². The quantitative estimate of drug-likeness (QED) is 0.649. The third-order valence-corrected chi connectivity index (χ3v) is 6.15. The number of aliphatic imine (C=N–C) groups is 1. The number of aliphatic hydroxyl groups is 1. The average molecular weight is 437 g/mol. The number of rotatable bonds is 7. The molecule has 32 heavy (non-hydrogen) atoms. The van der Waals surface area contributed by atoms with E-state index in [1.54, 1.807) is 4.90 Å². The first kappa shape index (κ1) is 24.1. The maximum Gasteiger partial charge on any atom is 0.252 e. The highest BCUT2D eigenvalue weighted by molar-refractivity contribution is 6.13. The van der Waals surface area contributed by atoms with E-state index in [0.717, 1.165) is 11.1 Å². The number of nitrogens with zero attached hydrogens (tertiary/aromatic N) is 2. The van der Waals surface area contributed by atoms with Crippen LogP contribution in [-0.4, -0.2) is 52.1 Å². The van der Waals surface area contributed by atoms with Crippen molar-refractivity contribution in [3.05, 3.63) is 71.8 Å². The summed E-state index contributed by atoms with van der Waals surface area (Å²) < 4.78 is 5.99. The van der Waals surface area contributed by atoms with Crippen molar-refractivity contribution in [3.63, 3.8) is 0 Å². The highest BCUT2D eigenvalue weighted by Crippen LogP contribution is 2.33. The smallest absolute Gasteiger partial charge is 0.252 e. The van der Waals surface area contributed by atoms with Gasteiger partial charge in [-0.1, -0.05) is 88.4 Å². The fourth-order valence-electron chi connectivity index (χ4n) is 4.18. The monoisotopic (exact) mass is 436 g/mol. The molecule has 5 nitrogen and oxygen atoms in total. The summed E-state index contributed by atoms with van der Waals surface area (Å²) >= 11 is 0. The second-order valence-corrected chi connectivity index (χ2v) is 9.67. The van der Waals surface area contributed by atoms with Gasteiger partial charge in [-0.25, -0.2) is 0 Å². The Bertz CT molecular complexity index is 881. The first-order valence-electron chi connectivity index (χ1n) is 11.5. The van der Waals surface area contributed by atoms with Crippen LogP contribution >= 0.6 is 0 Å². The summed E-state index contributed by atoms with van der Waals surface area (Å²) in [5.74, 6) is -0.106. The predicted molar refractivity (Wildman–Crippen MR) is 129 cm³/mol. The Hall–Kier alpha value is -2.50. The van der Waals surface area contributed by atoms with Gasteiger partial charge in [0.25, 0.3) is 5.91 Å². The highest BCUT2D eigenvalue weighted by atomic mass is 16.5. The zero-order valence-electron chi connectivity index (χ0n) is 20.0. The Morgan fingerprint density at radius 2 is 1.50 bits per heavy atom. The molecule has 2 aromatic carbocycles. The summed E-state index contributed by atoms with van der Waals surface area (Å²) in [5.41, 5.74) is 1.76. The van der Waals surface area contributed by atoms with Crippen LogP contribution in [0.2, 0.25) is 0 Å². The first-order chi connectivity index (χ1) is 15.1. The minimum Gasteiger partial charge on any atom is -0.390 e. The van der Waals surface area contributed by atoms with Crippen LogP contribution in [0.4, 0.5) is 0 Å². The maximum atomic E-state index is 14.0. The molecule has 1 amide bonds. The van der Waals surface area contributed by atoms with Crippen LogP contribution in [0.25, 0.3) is 0 Å². The van der Waals surface area contributed by atoms with E-state index in [2.05, 4.69) is 13.8 Å². The number of carbonyl (C=O) groups is 1. The molecular weight excluding hydrogens is 400 g/mol. The second-order valence-electron chi connectivity index (χ2n) is 9.67.